The van der Waals surface area contributed by atoms with Crippen molar-refractivity contribution in [1.29, 1.82) is 0 Å². The average molecular weight is 353 g/mol. The van der Waals surface area contributed by atoms with Gasteiger partial charge < -0.3 is 10.0 Å². The van der Waals surface area contributed by atoms with Gasteiger partial charge in [-0.3, -0.25) is 4.79 Å². The van der Waals surface area contributed by atoms with Crippen molar-refractivity contribution < 1.29 is 18.3 Å². The van der Waals surface area contributed by atoms with E-state index >= 15 is 0 Å². The first-order valence-electron chi connectivity index (χ1n) is 8.05. The molecule has 1 aromatic carbocycles. The lowest BCUT2D eigenvalue weighted by atomic mass is 9.98. The van der Waals surface area contributed by atoms with E-state index in [2.05, 4.69) is 10.2 Å². The fourth-order valence-corrected chi connectivity index (χ4v) is 3.19. The fourth-order valence-electron chi connectivity index (χ4n) is 3.19. The van der Waals surface area contributed by atoms with Crippen LogP contribution in [0.1, 0.15) is 24.8 Å². The molecule has 0 spiro atoms. The van der Waals surface area contributed by atoms with Gasteiger partial charge in [-0.15, -0.1) is 0 Å². The molecule has 0 saturated carbocycles. The third-order valence-corrected chi connectivity index (χ3v) is 4.42. The smallest absolute Gasteiger partial charge is 0.394 e. The first-order chi connectivity index (χ1) is 11.9. The lowest BCUT2D eigenvalue weighted by molar-refractivity contribution is -0.137. The molecule has 1 aliphatic heterocycles. The average Bonchev–Trinajstić information content (AvgIpc) is 2.61. The SMILES string of the molecule is O=c1ccc(-c2ccc(N3CCCCC3CO)c(C(F)(F)F)c2)n[nH]1. The topological polar surface area (TPSA) is 69.2 Å². The second-order valence-corrected chi connectivity index (χ2v) is 6.06. The molecule has 1 unspecified atom stereocenters. The largest absolute Gasteiger partial charge is 0.418 e. The van der Waals surface area contributed by atoms with Gasteiger partial charge in [-0.25, -0.2) is 5.10 Å². The number of aromatic nitrogens is 2. The van der Waals surface area contributed by atoms with Gasteiger partial charge in [0.1, 0.15) is 0 Å². The number of nitrogens with one attached hydrogen (secondary N) is 1. The molecule has 2 aromatic rings. The van der Waals surface area contributed by atoms with Crippen molar-refractivity contribution >= 4 is 5.69 Å². The van der Waals surface area contributed by atoms with E-state index in [1.807, 2.05) is 0 Å². The molecule has 1 fully saturated rings. The highest BCUT2D eigenvalue weighted by molar-refractivity contribution is 5.67. The molecular formula is C17H18F3N3O2. The molecule has 5 nitrogen and oxygen atoms in total. The lowest BCUT2D eigenvalue weighted by Crippen LogP contribution is -2.42. The van der Waals surface area contributed by atoms with Crippen LogP contribution in [0.15, 0.2) is 35.1 Å². The molecule has 134 valence electrons. The van der Waals surface area contributed by atoms with E-state index in [1.165, 1.54) is 18.2 Å². The van der Waals surface area contributed by atoms with Crippen LogP contribution in [-0.2, 0) is 6.18 Å². The summed E-state index contributed by atoms with van der Waals surface area (Å²) in [7, 11) is 0. The second kappa shape index (κ2) is 6.87. The van der Waals surface area contributed by atoms with Crippen molar-refractivity contribution in [2.75, 3.05) is 18.1 Å². The zero-order chi connectivity index (χ0) is 18.0. The molecule has 0 bridgehead atoms. The van der Waals surface area contributed by atoms with E-state index in [1.54, 1.807) is 11.0 Å². The Morgan fingerprint density at radius 2 is 2.04 bits per heavy atom. The van der Waals surface area contributed by atoms with Gasteiger partial charge in [-0.05, 0) is 37.5 Å². The summed E-state index contributed by atoms with van der Waals surface area (Å²) in [4.78, 5) is 12.7. The van der Waals surface area contributed by atoms with Crippen molar-refractivity contribution in [2.24, 2.45) is 0 Å². The number of H-pyrrole nitrogens is 1. The molecule has 0 amide bonds. The van der Waals surface area contributed by atoms with E-state index in [9.17, 15) is 23.1 Å². The number of hydrogen-bond donors (Lipinski definition) is 2. The maximum absolute atomic E-state index is 13.6. The Kier molecular flexibility index (Phi) is 4.80. The minimum absolute atomic E-state index is 0.0689. The Labute approximate surface area is 142 Å². The summed E-state index contributed by atoms with van der Waals surface area (Å²) in [6, 6.07) is 6.29. The summed E-state index contributed by atoms with van der Waals surface area (Å²) in [6.07, 6.45) is -2.19. The summed E-state index contributed by atoms with van der Waals surface area (Å²) >= 11 is 0. The Hall–Kier alpha value is -2.35. The predicted molar refractivity (Wildman–Crippen MR) is 87.4 cm³/mol. The van der Waals surface area contributed by atoms with Crippen LogP contribution in [0.25, 0.3) is 11.3 Å². The van der Waals surface area contributed by atoms with Crippen LogP contribution >= 0.6 is 0 Å². The van der Waals surface area contributed by atoms with Gasteiger partial charge in [-0.1, -0.05) is 6.07 Å². The van der Waals surface area contributed by atoms with Crippen LogP contribution in [0, 0.1) is 0 Å². The second-order valence-electron chi connectivity index (χ2n) is 6.06. The normalized spacial score (nSPS) is 18.4. The molecule has 2 N–H and O–H groups in total. The molecule has 1 atom stereocenters. The van der Waals surface area contributed by atoms with Gasteiger partial charge >= 0.3 is 6.18 Å². The number of nitrogens with zero attached hydrogens (tertiary/aromatic N) is 2. The summed E-state index contributed by atoms with van der Waals surface area (Å²) in [5, 5.41) is 15.5. The monoisotopic (exact) mass is 353 g/mol. The molecule has 2 heterocycles. The van der Waals surface area contributed by atoms with E-state index in [0.717, 1.165) is 18.9 Å². The molecular weight excluding hydrogens is 335 g/mol. The first kappa shape index (κ1) is 17.5. The number of hydrogen-bond acceptors (Lipinski definition) is 4. The van der Waals surface area contributed by atoms with E-state index in [0.29, 0.717) is 13.0 Å². The van der Waals surface area contributed by atoms with Crippen LogP contribution in [0.2, 0.25) is 0 Å². The minimum Gasteiger partial charge on any atom is -0.394 e. The van der Waals surface area contributed by atoms with Crippen molar-refractivity contribution in [1.82, 2.24) is 10.2 Å². The lowest BCUT2D eigenvalue weighted by Gasteiger charge is -2.38. The van der Waals surface area contributed by atoms with Crippen molar-refractivity contribution in [3.8, 4) is 11.3 Å². The summed E-state index contributed by atoms with van der Waals surface area (Å²) in [5.74, 6) is 0. The summed E-state index contributed by atoms with van der Waals surface area (Å²) in [5.41, 5.74) is -0.591. The highest BCUT2D eigenvalue weighted by atomic mass is 19.4. The number of alkyl halides is 3. The van der Waals surface area contributed by atoms with Crippen LogP contribution in [0.5, 0.6) is 0 Å². The molecule has 3 rings (SSSR count). The van der Waals surface area contributed by atoms with E-state index < -0.39 is 17.3 Å². The number of anilines is 1. The minimum atomic E-state index is -4.54. The molecule has 0 aliphatic carbocycles. The zero-order valence-electron chi connectivity index (χ0n) is 13.4. The molecule has 1 saturated heterocycles. The van der Waals surface area contributed by atoms with Gasteiger partial charge in [0.15, 0.2) is 0 Å². The van der Waals surface area contributed by atoms with Gasteiger partial charge in [0.05, 0.1) is 23.9 Å². The number of benzene rings is 1. The number of rotatable bonds is 3. The molecule has 8 heteroatoms. The van der Waals surface area contributed by atoms with E-state index in [-0.39, 0.29) is 29.6 Å². The standard InChI is InChI=1S/C17H18F3N3O2/c18-17(19,20)13-9-11(14-5-7-16(25)22-21-14)4-6-15(13)23-8-2-1-3-12(23)10-24/h4-7,9,12,24H,1-3,8,10H2,(H,22,25). The molecule has 0 radical (unpaired) electrons. The van der Waals surface area contributed by atoms with Gasteiger partial charge in [0.25, 0.3) is 5.56 Å². The highest BCUT2D eigenvalue weighted by Crippen LogP contribution is 2.40. The molecule has 25 heavy (non-hydrogen) atoms. The summed E-state index contributed by atoms with van der Waals surface area (Å²) < 4.78 is 40.9. The number of halogens is 3. The number of aromatic amines is 1. The van der Waals surface area contributed by atoms with Crippen LogP contribution < -0.4 is 10.5 Å². The Morgan fingerprint density at radius 3 is 2.68 bits per heavy atom. The van der Waals surface area contributed by atoms with Gasteiger partial charge in [0.2, 0.25) is 0 Å². The van der Waals surface area contributed by atoms with Crippen molar-refractivity contribution in [2.45, 2.75) is 31.5 Å². The predicted octanol–water partition coefficient (Wildman–Crippen LogP) is 2.81. The van der Waals surface area contributed by atoms with Crippen LogP contribution in [0.4, 0.5) is 18.9 Å². The number of aliphatic hydroxyl groups excluding tert-OH is 1. The third-order valence-electron chi connectivity index (χ3n) is 4.42. The maximum Gasteiger partial charge on any atom is 0.418 e. The van der Waals surface area contributed by atoms with Crippen molar-refractivity contribution in [3.63, 3.8) is 0 Å². The molecule has 1 aliphatic rings. The maximum atomic E-state index is 13.6. The highest BCUT2D eigenvalue weighted by Gasteiger charge is 2.37. The first-order valence-corrected chi connectivity index (χ1v) is 8.05. The quantitative estimate of drug-likeness (QED) is 0.890. The van der Waals surface area contributed by atoms with Gasteiger partial charge in [-0.2, -0.15) is 18.3 Å². The number of piperidine rings is 1. The van der Waals surface area contributed by atoms with Crippen molar-refractivity contribution in [3.05, 3.63) is 46.2 Å². The Bertz CT molecular complexity index is 784. The van der Waals surface area contributed by atoms with Gasteiger partial charge in [0, 0.05) is 23.9 Å². The Morgan fingerprint density at radius 1 is 1.24 bits per heavy atom. The van der Waals surface area contributed by atoms with E-state index in [4.69, 9.17) is 0 Å². The fraction of sp³-hybridized carbons (Fsp3) is 0.412. The van der Waals surface area contributed by atoms with Crippen LogP contribution in [-0.4, -0.2) is 34.5 Å². The Balaban J connectivity index is 2.07. The zero-order valence-corrected chi connectivity index (χ0v) is 13.4. The third kappa shape index (κ3) is 3.68. The number of aliphatic hydroxyl groups is 1. The summed E-state index contributed by atoms with van der Waals surface area (Å²) in [6.45, 7) is 0.297. The molecule has 1 aromatic heterocycles. The van der Waals surface area contributed by atoms with Crippen LogP contribution in [0.3, 0.4) is 0 Å².